The molecule has 0 saturated heterocycles. The van der Waals surface area contributed by atoms with E-state index in [9.17, 15) is 15.3 Å². The molecule has 0 spiro atoms. The topological polar surface area (TPSA) is 69.9 Å². The van der Waals surface area contributed by atoms with Gasteiger partial charge in [0.2, 0.25) is 0 Å². The Morgan fingerprint density at radius 1 is 1.05 bits per heavy atom. The van der Waals surface area contributed by atoms with Crippen LogP contribution in [0.3, 0.4) is 0 Å². The highest BCUT2D eigenvalue weighted by Gasteiger charge is 2.56. The molecule has 0 saturated carbocycles. The van der Waals surface area contributed by atoms with Gasteiger partial charge in [0.25, 0.3) is 0 Å². The third-order valence-corrected chi connectivity index (χ3v) is 10.4. The Morgan fingerprint density at radius 3 is 1.90 bits per heavy atom. The summed E-state index contributed by atoms with van der Waals surface area (Å²) in [4.78, 5) is 0. The molecule has 0 aromatic rings. The molecule has 3 N–H and O–H groups in total. The first-order valence-corrected chi connectivity index (χ1v) is 10.5. The maximum Gasteiger partial charge on any atom is 0.192 e. The summed E-state index contributed by atoms with van der Waals surface area (Å²) < 4.78 is 6.47. The lowest BCUT2D eigenvalue weighted by Crippen LogP contribution is -2.61. The molecule has 0 amide bonds. The van der Waals surface area contributed by atoms with Crippen LogP contribution < -0.4 is 0 Å². The Morgan fingerprint density at radius 2 is 1.52 bits per heavy atom. The predicted molar refractivity (Wildman–Crippen MR) is 87.6 cm³/mol. The minimum absolute atomic E-state index is 0.0584. The van der Waals surface area contributed by atoms with Crippen LogP contribution in [0.1, 0.15) is 34.6 Å². The van der Waals surface area contributed by atoms with E-state index in [0.717, 1.165) is 0 Å². The molecule has 0 radical (unpaired) electrons. The number of aliphatic hydroxyl groups excluding tert-OH is 3. The van der Waals surface area contributed by atoms with Crippen LogP contribution in [0.25, 0.3) is 0 Å². The van der Waals surface area contributed by atoms with E-state index in [2.05, 4.69) is 33.9 Å². The van der Waals surface area contributed by atoms with Crippen molar-refractivity contribution in [2.45, 2.75) is 65.0 Å². The van der Waals surface area contributed by atoms with E-state index in [1.165, 1.54) is 0 Å². The molecule has 0 unspecified atom stereocenters. The van der Waals surface area contributed by atoms with Crippen molar-refractivity contribution in [3.63, 3.8) is 0 Å². The molecule has 0 aromatic carbocycles. The zero-order valence-corrected chi connectivity index (χ0v) is 15.5. The van der Waals surface area contributed by atoms with E-state index in [4.69, 9.17) is 4.43 Å². The van der Waals surface area contributed by atoms with Crippen molar-refractivity contribution in [2.75, 3.05) is 13.2 Å². The highest BCUT2D eigenvalue weighted by atomic mass is 28.4. The van der Waals surface area contributed by atoms with E-state index in [0.29, 0.717) is 0 Å². The van der Waals surface area contributed by atoms with E-state index >= 15 is 0 Å². The Labute approximate surface area is 130 Å². The highest BCUT2D eigenvalue weighted by Crippen LogP contribution is 2.50. The summed E-state index contributed by atoms with van der Waals surface area (Å²) in [5.41, 5.74) is -1.56. The van der Waals surface area contributed by atoms with Gasteiger partial charge in [0.15, 0.2) is 8.32 Å². The summed E-state index contributed by atoms with van der Waals surface area (Å²) in [6.07, 6.45) is 2.42. The Balaban J connectivity index is 3.21. The molecule has 124 valence electrons. The summed E-state index contributed by atoms with van der Waals surface area (Å²) in [5.74, 6) is 0. The summed E-state index contributed by atoms with van der Waals surface area (Å²) in [5, 5.41) is 30.1. The predicted octanol–water partition coefficient (Wildman–Crippen LogP) is 2.30. The van der Waals surface area contributed by atoms with Crippen LogP contribution in [0, 0.1) is 10.8 Å². The lowest BCUT2D eigenvalue weighted by Gasteiger charge is -2.54. The second kappa shape index (κ2) is 5.78. The molecule has 0 heterocycles. The highest BCUT2D eigenvalue weighted by molar-refractivity contribution is 6.74. The summed E-state index contributed by atoms with van der Waals surface area (Å²) in [6.45, 7) is 14.2. The zero-order valence-electron chi connectivity index (χ0n) is 14.5. The van der Waals surface area contributed by atoms with Crippen molar-refractivity contribution in [3.8, 4) is 0 Å². The molecule has 1 aliphatic rings. The van der Waals surface area contributed by atoms with Crippen molar-refractivity contribution in [1.29, 1.82) is 0 Å². The molecular weight excluding hydrogens is 284 g/mol. The van der Waals surface area contributed by atoms with Gasteiger partial charge >= 0.3 is 0 Å². The normalized spacial score (nSPS) is 37.8. The Kier molecular flexibility index (Phi) is 5.18. The molecule has 0 aromatic heterocycles. The average Bonchev–Trinajstić information content (AvgIpc) is 2.38. The van der Waals surface area contributed by atoms with Gasteiger partial charge in [-0.2, -0.15) is 0 Å². The molecule has 1 rings (SSSR count). The fraction of sp³-hybridized carbons (Fsp3) is 0.875. The van der Waals surface area contributed by atoms with Gasteiger partial charge in [-0.1, -0.05) is 46.8 Å². The third kappa shape index (κ3) is 2.99. The van der Waals surface area contributed by atoms with Crippen molar-refractivity contribution in [3.05, 3.63) is 12.2 Å². The first kappa shape index (κ1) is 18.8. The molecule has 4 atom stereocenters. The zero-order chi connectivity index (χ0) is 16.7. The van der Waals surface area contributed by atoms with Crippen LogP contribution in [0.2, 0.25) is 18.1 Å². The Hall–Kier alpha value is -0.203. The minimum atomic E-state index is -2.02. The summed E-state index contributed by atoms with van der Waals surface area (Å²) >= 11 is 0. The van der Waals surface area contributed by atoms with E-state index in [-0.39, 0.29) is 24.4 Å². The van der Waals surface area contributed by atoms with Crippen molar-refractivity contribution in [2.24, 2.45) is 10.8 Å². The SMILES string of the molecule is CC(C)(C)[Si](C)(C)O[C@@H]1C=C[C@@H](O)[C@@](C)(CO)[C@@]1(C)CO. The number of aliphatic hydroxyl groups is 3. The molecule has 0 aliphatic heterocycles. The van der Waals surface area contributed by atoms with Crippen molar-refractivity contribution < 1.29 is 19.7 Å². The maximum absolute atomic E-state index is 10.3. The van der Waals surface area contributed by atoms with Crippen LogP contribution in [0.4, 0.5) is 0 Å². The fourth-order valence-electron chi connectivity index (χ4n) is 2.50. The van der Waals surface area contributed by atoms with Gasteiger partial charge in [0.1, 0.15) is 0 Å². The number of hydrogen-bond donors (Lipinski definition) is 3. The largest absolute Gasteiger partial charge is 0.410 e. The maximum atomic E-state index is 10.3. The van der Waals surface area contributed by atoms with Gasteiger partial charge in [-0.15, -0.1) is 0 Å². The van der Waals surface area contributed by atoms with Gasteiger partial charge < -0.3 is 19.7 Å². The van der Waals surface area contributed by atoms with Crippen LogP contribution in [-0.2, 0) is 4.43 Å². The number of rotatable bonds is 4. The van der Waals surface area contributed by atoms with Gasteiger partial charge in [-0.3, -0.25) is 0 Å². The van der Waals surface area contributed by atoms with Crippen molar-refractivity contribution in [1.82, 2.24) is 0 Å². The lowest BCUT2D eigenvalue weighted by molar-refractivity contribution is -0.140. The molecule has 21 heavy (non-hydrogen) atoms. The van der Waals surface area contributed by atoms with E-state index < -0.39 is 25.3 Å². The van der Waals surface area contributed by atoms with Crippen LogP contribution in [0.5, 0.6) is 0 Å². The van der Waals surface area contributed by atoms with E-state index in [1.54, 1.807) is 13.0 Å². The standard InChI is InChI=1S/C16H32O4Si/c1-14(2,3)21(6,7)20-13-9-8-12(19)15(4,10-17)16(13,5)11-18/h8-9,12-13,17-19H,10-11H2,1-7H3/t12-,13-,15-,16+/m1/s1. The smallest absolute Gasteiger partial charge is 0.192 e. The van der Waals surface area contributed by atoms with Crippen LogP contribution in [0.15, 0.2) is 12.2 Å². The second-order valence-electron chi connectivity index (χ2n) is 8.28. The van der Waals surface area contributed by atoms with Gasteiger partial charge in [0.05, 0.1) is 25.4 Å². The monoisotopic (exact) mass is 316 g/mol. The first-order chi connectivity index (χ1) is 9.35. The van der Waals surface area contributed by atoms with E-state index in [1.807, 2.05) is 13.0 Å². The number of hydrogen-bond acceptors (Lipinski definition) is 4. The molecule has 5 heteroatoms. The van der Waals surface area contributed by atoms with Gasteiger partial charge in [0, 0.05) is 10.8 Å². The summed E-state index contributed by atoms with van der Waals surface area (Å²) in [7, 11) is -2.02. The first-order valence-electron chi connectivity index (χ1n) is 7.61. The second-order valence-corrected chi connectivity index (χ2v) is 13.0. The quantitative estimate of drug-likeness (QED) is 0.550. The third-order valence-electron chi connectivity index (χ3n) is 5.94. The molecule has 0 fully saturated rings. The fourth-order valence-corrected chi connectivity index (χ4v) is 3.83. The van der Waals surface area contributed by atoms with Gasteiger partial charge in [-0.05, 0) is 18.1 Å². The molecule has 4 nitrogen and oxygen atoms in total. The lowest BCUT2D eigenvalue weighted by atomic mass is 9.58. The van der Waals surface area contributed by atoms with Gasteiger partial charge in [-0.25, -0.2) is 0 Å². The summed E-state index contributed by atoms with van der Waals surface area (Å²) in [6, 6.07) is 0. The minimum Gasteiger partial charge on any atom is -0.410 e. The van der Waals surface area contributed by atoms with Crippen LogP contribution >= 0.6 is 0 Å². The van der Waals surface area contributed by atoms with Crippen LogP contribution in [-0.4, -0.2) is 49.1 Å². The molecular formula is C16H32O4Si. The molecule has 0 bridgehead atoms. The average molecular weight is 317 g/mol. The Bertz CT molecular complexity index is 402. The van der Waals surface area contributed by atoms with Crippen molar-refractivity contribution >= 4 is 8.32 Å². The molecule has 1 aliphatic carbocycles.